The zero-order valence-electron chi connectivity index (χ0n) is 17.7. The maximum atomic E-state index is 11.8. The topological polar surface area (TPSA) is 54.4 Å². The van der Waals surface area contributed by atoms with Crippen LogP contribution in [-0.2, 0) is 16.5 Å². The van der Waals surface area contributed by atoms with Gasteiger partial charge in [0.15, 0.2) is 0 Å². The van der Waals surface area contributed by atoms with Crippen LogP contribution in [0.5, 0.6) is 0 Å². The second-order valence-corrected chi connectivity index (χ2v) is 9.45. The highest BCUT2D eigenvalue weighted by atomic mass is 32.2. The van der Waals surface area contributed by atoms with Gasteiger partial charge in [0.2, 0.25) is 0 Å². The molecule has 0 spiro atoms. The first-order valence-electron chi connectivity index (χ1n) is 11.0. The van der Waals surface area contributed by atoms with E-state index in [9.17, 15) is 13.0 Å². The molecular weight excluding hydrogens is 356 g/mol. The maximum absolute atomic E-state index is 11.8. The van der Waals surface area contributed by atoms with Crippen molar-refractivity contribution in [3.63, 3.8) is 0 Å². The monoisotopic (exact) mass is 396 g/mol. The highest BCUT2D eigenvalue weighted by Gasteiger charge is 2.19. The molecule has 0 saturated carbocycles. The van der Waals surface area contributed by atoms with Crippen molar-refractivity contribution in [1.82, 2.24) is 0 Å². The number of aryl methyl sites for hydroxylation is 1. The van der Waals surface area contributed by atoms with E-state index in [-0.39, 0.29) is 4.90 Å². The molecule has 0 bridgehead atoms. The van der Waals surface area contributed by atoms with Gasteiger partial charge in [-0.05, 0) is 30.9 Å². The second kappa shape index (κ2) is 13.3. The summed E-state index contributed by atoms with van der Waals surface area (Å²) in [7, 11) is -4.16. The third-order valence-corrected chi connectivity index (χ3v) is 6.39. The van der Waals surface area contributed by atoms with Crippen molar-refractivity contribution < 1.29 is 13.0 Å². The average Bonchev–Trinajstić information content (AvgIpc) is 2.60. The standard InChI is InChI=1S/C23H40O3S/c1-4-6-8-10-11-13-15-21(14-12-9-7-5-2)19-22-18-20(3)16-17-23(22)27(24,25)26/h16-18,21H,4-15,19H2,1-3H3,(H,24,25,26). The summed E-state index contributed by atoms with van der Waals surface area (Å²) in [5, 5.41) is 0. The lowest BCUT2D eigenvalue weighted by Crippen LogP contribution is -2.10. The fourth-order valence-corrected chi connectivity index (χ4v) is 4.57. The zero-order chi connectivity index (χ0) is 20.1. The SMILES string of the molecule is CCCCCCCCC(CCCCCC)Cc1cc(C)ccc1S(=O)(=O)O. The number of hydrogen-bond donors (Lipinski definition) is 1. The Hall–Kier alpha value is -0.870. The molecule has 0 radical (unpaired) electrons. The first-order chi connectivity index (χ1) is 12.9. The normalized spacial score (nSPS) is 13.0. The van der Waals surface area contributed by atoms with Gasteiger partial charge in [-0.25, -0.2) is 0 Å². The summed E-state index contributed by atoms with van der Waals surface area (Å²) in [5.41, 5.74) is 1.82. The molecule has 0 aliphatic carbocycles. The summed E-state index contributed by atoms with van der Waals surface area (Å²) in [6.45, 7) is 6.43. The molecule has 1 aromatic carbocycles. The first kappa shape index (κ1) is 24.2. The smallest absolute Gasteiger partial charge is 0.282 e. The lowest BCUT2D eigenvalue weighted by molar-refractivity contribution is 0.399. The summed E-state index contributed by atoms with van der Waals surface area (Å²) < 4.78 is 33.1. The van der Waals surface area contributed by atoms with Crippen molar-refractivity contribution in [3.05, 3.63) is 29.3 Å². The third-order valence-electron chi connectivity index (χ3n) is 5.43. The van der Waals surface area contributed by atoms with E-state index in [4.69, 9.17) is 0 Å². The molecule has 0 saturated heterocycles. The van der Waals surface area contributed by atoms with Crippen LogP contribution < -0.4 is 0 Å². The summed E-state index contributed by atoms with van der Waals surface area (Å²) in [6, 6.07) is 5.25. The summed E-state index contributed by atoms with van der Waals surface area (Å²) in [6.07, 6.45) is 15.7. The average molecular weight is 397 g/mol. The molecule has 0 aliphatic heterocycles. The van der Waals surface area contributed by atoms with Gasteiger partial charge in [-0.1, -0.05) is 109 Å². The molecule has 0 aromatic heterocycles. The highest BCUT2D eigenvalue weighted by Crippen LogP contribution is 2.27. The molecule has 1 unspecified atom stereocenters. The summed E-state index contributed by atoms with van der Waals surface area (Å²) in [4.78, 5) is 0.0922. The van der Waals surface area contributed by atoms with Crippen LogP contribution in [0.3, 0.4) is 0 Å². The van der Waals surface area contributed by atoms with Crippen LogP contribution in [0.15, 0.2) is 23.1 Å². The quantitative estimate of drug-likeness (QED) is 0.253. The third kappa shape index (κ3) is 10.3. The van der Waals surface area contributed by atoms with Crippen LogP contribution in [0.4, 0.5) is 0 Å². The molecule has 4 heteroatoms. The number of benzene rings is 1. The van der Waals surface area contributed by atoms with Gasteiger partial charge in [0.1, 0.15) is 0 Å². The van der Waals surface area contributed by atoms with Crippen LogP contribution in [0, 0.1) is 12.8 Å². The van der Waals surface area contributed by atoms with E-state index in [0.29, 0.717) is 5.92 Å². The van der Waals surface area contributed by atoms with Crippen LogP contribution in [-0.4, -0.2) is 13.0 Å². The zero-order valence-corrected chi connectivity index (χ0v) is 18.5. The largest absolute Gasteiger partial charge is 0.294 e. The Balaban J connectivity index is 2.73. The van der Waals surface area contributed by atoms with E-state index in [1.807, 2.05) is 13.0 Å². The van der Waals surface area contributed by atoms with Crippen molar-refractivity contribution in [1.29, 1.82) is 0 Å². The van der Waals surface area contributed by atoms with Crippen LogP contribution in [0.25, 0.3) is 0 Å². The summed E-state index contributed by atoms with van der Waals surface area (Å²) in [5.74, 6) is 0.496. The lowest BCUT2D eigenvalue weighted by Gasteiger charge is -2.19. The lowest BCUT2D eigenvalue weighted by atomic mass is 9.88. The van der Waals surface area contributed by atoms with Crippen molar-refractivity contribution >= 4 is 10.1 Å². The molecule has 1 N–H and O–H groups in total. The van der Waals surface area contributed by atoms with Crippen molar-refractivity contribution in [2.45, 2.75) is 109 Å². The van der Waals surface area contributed by atoms with Gasteiger partial charge in [-0.2, -0.15) is 8.42 Å². The Bertz CT molecular complexity index is 623. The number of hydrogen-bond acceptors (Lipinski definition) is 2. The van der Waals surface area contributed by atoms with Gasteiger partial charge in [0, 0.05) is 0 Å². The minimum Gasteiger partial charge on any atom is -0.282 e. The Kier molecular flexibility index (Phi) is 11.9. The Morgan fingerprint density at radius 3 is 1.93 bits per heavy atom. The minimum absolute atomic E-state index is 0.0922. The molecule has 1 atom stereocenters. The molecule has 1 rings (SSSR count). The van der Waals surface area contributed by atoms with Crippen molar-refractivity contribution in [3.8, 4) is 0 Å². The molecular formula is C23H40O3S. The molecule has 3 nitrogen and oxygen atoms in total. The van der Waals surface area contributed by atoms with E-state index < -0.39 is 10.1 Å². The molecule has 27 heavy (non-hydrogen) atoms. The van der Waals surface area contributed by atoms with Gasteiger partial charge in [-0.15, -0.1) is 0 Å². The van der Waals surface area contributed by atoms with E-state index >= 15 is 0 Å². The fourth-order valence-electron chi connectivity index (χ4n) is 3.85. The van der Waals surface area contributed by atoms with Crippen LogP contribution in [0.2, 0.25) is 0 Å². The first-order valence-corrected chi connectivity index (χ1v) is 12.4. The van der Waals surface area contributed by atoms with E-state index in [1.54, 1.807) is 12.1 Å². The van der Waals surface area contributed by atoms with E-state index in [0.717, 1.165) is 30.4 Å². The van der Waals surface area contributed by atoms with Gasteiger partial charge in [0.05, 0.1) is 4.90 Å². The van der Waals surface area contributed by atoms with Crippen LogP contribution >= 0.6 is 0 Å². The molecule has 0 fully saturated rings. The van der Waals surface area contributed by atoms with Gasteiger partial charge in [0.25, 0.3) is 10.1 Å². The number of unbranched alkanes of at least 4 members (excludes halogenated alkanes) is 8. The highest BCUT2D eigenvalue weighted by molar-refractivity contribution is 7.85. The van der Waals surface area contributed by atoms with E-state index in [2.05, 4.69) is 13.8 Å². The number of rotatable bonds is 15. The summed E-state index contributed by atoms with van der Waals surface area (Å²) >= 11 is 0. The molecule has 156 valence electrons. The van der Waals surface area contributed by atoms with Gasteiger partial charge < -0.3 is 0 Å². The molecule has 0 amide bonds. The van der Waals surface area contributed by atoms with Gasteiger partial charge >= 0.3 is 0 Å². The minimum atomic E-state index is -4.16. The Morgan fingerprint density at radius 1 is 0.852 bits per heavy atom. The fraction of sp³-hybridized carbons (Fsp3) is 0.739. The van der Waals surface area contributed by atoms with Crippen molar-refractivity contribution in [2.24, 2.45) is 5.92 Å². The Labute approximate surface area is 167 Å². The Morgan fingerprint density at radius 2 is 1.37 bits per heavy atom. The molecule has 0 aliphatic rings. The predicted molar refractivity (Wildman–Crippen MR) is 115 cm³/mol. The van der Waals surface area contributed by atoms with Gasteiger partial charge in [-0.3, -0.25) is 4.55 Å². The van der Waals surface area contributed by atoms with Crippen LogP contribution in [0.1, 0.15) is 102 Å². The predicted octanol–water partition coefficient (Wildman–Crippen LogP) is 7.12. The molecule has 1 aromatic rings. The maximum Gasteiger partial charge on any atom is 0.294 e. The second-order valence-electron chi connectivity index (χ2n) is 8.06. The molecule has 0 heterocycles. The van der Waals surface area contributed by atoms with Crippen molar-refractivity contribution in [2.75, 3.05) is 0 Å². The van der Waals surface area contributed by atoms with E-state index in [1.165, 1.54) is 64.2 Å².